The van der Waals surface area contributed by atoms with Crippen LogP contribution in [0.1, 0.15) is 20.3 Å². The first-order valence-corrected chi connectivity index (χ1v) is 6.43. The summed E-state index contributed by atoms with van der Waals surface area (Å²) in [4.78, 5) is 16.4. The second kappa shape index (κ2) is 3.95. The van der Waals surface area contributed by atoms with Gasteiger partial charge in [-0.15, -0.1) is 0 Å². The number of nitrogens with one attached hydrogen (secondary N) is 1. The first-order chi connectivity index (χ1) is 8.99. The Morgan fingerprint density at radius 2 is 2.16 bits per heavy atom. The Labute approximate surface area is 112 Å². The lowest BCUT2D eigenvalue weighted by atomic mass is 10.1. The molecule has 98 valence electrons. The fourth-order valence-electron chi connectivity index (χ4n) is 2.44. The summed E-state index contributed by atoms with van der Waals surface area (Å²) >= 11 is 0. The van der Waals surface area contributed by atoms with Gasteiger partial charge < -0.3 is 11.1 Å². The van der Waals surface area contributed by atoms with Crippen molar-refractivity contribution in [3.8, 4) is 0 Å². The van der Waals surface area contributed by atoms with Crippen LogP contribution in [0.5, 0.6) is 0 Å². The van der Waals surface area contributed by atoms with Crippen molar-refractivity contribution in [2.45, 2.75) is 20.3 Å². The van der Waals surface area contributed by atoms with Gasteiger partial charge in [0.05, 0.1) is 16.9 Å². The maximum absolute atomic E-state index is 12.2. The zero-order chi connectivity index (χ0) is 13.6. The highest BCUT2D eigenvalue weighted by Gasteiger charge is 2.50. The van der Waals surface area contributed by atoms with Gasteiger partial charge in [0, 0.05) is 17.5 Å². The van der Waals surface area contributed by atoms with Crippen molar-refractivity contribution in [2.24, 2.45) is 11.3 Å². The Morgan fingerprint density at radius 3 is 2.84 bits per heavy atom. The lowest BCUT2D eigenvalue weighted by Gasteiger charge is -2.10. The van der Waals surface area contributed by atoms with Crippen molar-refractivity contribution in [2.75, 3.05) is 11.1 Å². The monoisotopic (exact) mass is 255 g/mol. The zero-order valence-electron chi connectivity index (χ0n) is 11.1. The number of nitrogen functional groups attached to an aromatic ring is 1. The number of benzene rings is 1. The Morgan fingerprint density at radius 1 is 1.42 bits per heavy atom. The van der Waals surface area contributed by atoms with E-state index >= 15 is 0 Å². The van der Waals surface area contributed by atoms with Crippen LogP contribution < -0.4 is 11.1 Å². The van der Waals surface area contributed by atoms with Gasteiger partial charge >= 0.3 is 0 Å². The van der Waals surface area contributed by atoms with Crippen LogP contribution in [0.2, 0.25) is 0 Å². The van der Waals surface area contributed by atoms with Gasteiger partial charge in [-0.3, -0.25) is 9.78 Å². The van der Waals surface area contributed by atoms with Gasteiger partial charge in [0.25, 0.3) is 0 Å². The van der Waals surface area contributed by atoms with Crippen molar-refractivity contribution in [1.29, 1.82) is 0 Å². The predicted molar refractivity (Wildman–Crippen MR) is 76.7 cm³/mol. The summed E-state index contributed by atoms with van der Waals surface area (Å²) in [6.07, 6.45) is 2.65. The van der Waals surface area contributed by atoms with E-state index in [9.17, 15) is 4.79 Å². The average Bonchev–Trinajstić information content (AvgIpc) is 3.02. The van der Waals surface area contributed by atoms with E-state index in [2.05, 4.69) is 24.1 Å². The van der Waals surface area contributed by atoms with Gasteiger partial charge in [-0.05, 0) is 36.1 Å². The number of carbonyl (C=O) groups is 1. The number of carbonyl (C=O) groups excluding carboxylic acids is 1. The lowest BCUT2D eigenvalue weighted by Crippen LogP contribution is -2.16. The molecule has 1 atom stereocenters. The van der Waals surface area contributed by atoms with Gasteiger partial charge in [0.1, 0.15) is 0 Å². The summed E-state index contributed by atoms with van der Waals surface area (Å²) in [6.45, 7) is 4.22. The van der Waals surface area contributed by atoms with Crippen molar-refractivity contribution < 1.29 is 4.79 Å². The van der Waals surface area contributed by atoms with Crippen molar-refractivity contribution in [3.05, 3.63) is 30.5 Å². The second-order valence-corrected chi connectivity index (χ2v) is 5.84. The van der Waals surface area contributed by atoms with Crippen LogP contribution in [0, 0.1) is 11.3 Å². The molecule has 1 heterocycles. The lowest BCUT2D eigenvalue weighted by molar-refractivity contribution is -0.117. The zero-order valence-corrected chi connectivity index (χ0v) is 11.1. The molecular weight excluding hydrogens is 238 g/mol. The standard InChI is InChI=1S/C15H17N3O/c1-15(2)8-10(15)14(19)18-12-6-5-11(16)13-9(12)4-3-7-17-13/h3-7,10H,8,16H2,1-2H3,(H,18,19). The summed E-state index contributed by atoms with van der Waals surface area (Å²) in [5, 5.41) is 3.88. The number of amides is 1. The summed E-state index contributed by atoms with van der Waals surface area (Å²) < 4.78 is 0. The topological polar surface area (TPSA) is 68.0 Å². The first-order valence-electron chi connectivity index (χ1n) is 6.43. The number of hydrogen-bond acceptors (Lipinski definition) is 3. The van der Waals surface area contributed by atoms with Crippen LogP contribution in [0.4, 0.5) is 11.4 Å². The molecule has 3 N–H and O–H groups in total. The number of rotatable bonds is 2. The highest BCUT2D eigenvalue weighted by molar-refractivity contribution is 6.05. The molecule has 0 aliphatic heterocycles. The molecule has 1 aromatic carbocycles. The average molecular weight is 255 g/mol. The minimum atomic E-state index is 0.0833. The van der Waals surface area contributed by atoms with Crippen molar-refractivity contribution in [1.82, 2.24) is 4.98 Å². The summed E-state index contributed by atoms with van der Waals surface area (Å²) in [5.74, 6) is 0.191. The van der Waals surface area contributed by atoms with E-state index in [0.29, 0.717) is 5.69 Å². The Kier molecular flexibility index (Phi) is 2.49. The maximum atomic E-state index is 12.2. The summed E-state index contributed by atoms with van der Waals surface area (Å²) in [7, 11) is 0. The molecule has 1 fully saturated rings. The molecule has 1 saturated carbocycles. The Balaban J connectivity index is 1.94. The molecule has 0 bridgehead atoms. The molecule has 0 radical (unpaired) electrons. The van der Waals surface area contributed by atoms with Crippen LogP contribution in [0.15, 0.2) is 30.5 Å². The van der Waals surface area contributed by atoms with Crippen molar-refractivity contribution in [3.63, 3.8) is 0 Å². The number of nitrogens with zero attached hydrogens (tertiary/aromatic N) is 1. The fraction of sp³-hybridized carbons (Fsp3) is 0.333. The molecular formula is C15H17N3O. The van der Waals surface area contributed by atoms with Crippen LogP contribution in [-0.2, 0) is 4.79 Å². The molecule has 0 saturated heterocycles. The van der Waals surface area contributed by atoms with E-state index < -0.39 is 0 Å². The molecule has 0 spiro atoms. The minimum Gasteiger partial charge on any atom is -0.397 e. The highest BCUT2D eigenvalue weighted by atomic mass is 16.2. The number of aromatic nitrogens is 1. The molecule has 1 aliphatic carbocycles. The van der Waals surface area contributed by atoms with E-state index in [1.165, 1.54) is 0 Å². The minimum absolute atomic E-state index is 0.0833. The third-order valence-electron chi connectivity index (χ3n) is 3.89. The molecule has 19 heavy (non-hydrogen) atoms. The van der Waals surface area contributed by atoms with Crippen LogP contribution >= 0.6 is 0 Å². The van der Waals surface area contributed by atoms with E-state index in [1.54, 1.807) is 12.3 Å². The first kappa shape index (κ1) is 12.0. The van der Waals surface area contributed by atoms with Crippen LogP contribution in [0.3, 0.4) is 0 Å². The number of anilines is 2. The van der Waals surface area contributed by atoms with E-state index in [0.717, 1.165) is 23.0 Å². The van der Waals surface area contributed by atoms with Gasteiger partial charge in [-0.25, -0.2) is 0 Å². The van der Waals surface area contributed by atoms with E-state index in [1.807, 2.05) is 18.2 Å². The molecule has 4 heteroatoms. The third kappa shape index (κ3) is 2.03. The smallest absolute Gasteiger partial charge is 0.228 e. The van der Waals surface area contributed by atoms with E-state index in [-0.39, 0.29) is 17.2 Å². The summed E-state index contributed by atoms with van der Waals surface area (Å²) in [5.41, 5.74) is 8.17. The van der Waals surface area contributed by atoms with Gasteiger partial charge in [0.15, 0.2) is 0 Å². The third-order valence-corrected chi connectivity index (χ3v) is 3.89. The second-order valence-electron chi connectivity index (χ2n) is 5.84. The molecule has 1 amide bonds. The number of nitrogens with two attached hydrogens (primary N) is 1. The number of pyridine rings is 1. The quantitative estimate of drug-likeness (QED) is 0.811. The molecule has 1 unspecified atom stereocenters. The van der Waals surface area contributed by atoms with Gasteiger partial charge in [-0.1, -0.05) is 13.8 Å². The normalized spacial score (nSPS) is 20.2. The van der Waals surface area contributed by atoms with Crippen LogP contribution in [-0.4, -0.2) is 10.9 Å². The maximum Gasteiger partial charge on any atom is 0.228 e. The fourth-order valence-corrected chi connectivity index (χ4v) is 2.44. The number of fused-ring (bicyclic) bond motifs is 1. The van der Waals surface area contributed by atoms with Crippen molar-refractivity contribution >= 4 is 28.2 Å². The molecule has 1 aliphatic rings. The largest absolute Gasteiger partial charge is 0.397 e. The van der Waals surface area contributed by atoms with Gasteiger partial charge in [-0.2, -0.15) is 0 Å². The molecule has 4 nitrogen and oxygen atoms in total. The predicted octanol–water partition coefficient (Wildman–Crippen LogP) is 2.80. The van der Waals surface area contributed by atoms with Crippen LogP contribution in [0.25, 0.3) is 10.9 Å². The summed E-state index contributed by atoms with van der Waals surface area (Å²) in [6, 6.07) is 7.39. The Bertz CT molecular complexity index is 663. The SMILES string of the molecule is CC1(C)CC1C(=O)Nc1ccc(N)c2ncccc12. The number of hydrogen-bond donors (Lipinski definition) is 2. The highest BCUT2D eigenvalue weighted by Crippen LogP contribution is 2.52. The van der Waals surface area contributed by atoms with Gasteiger partial charge in [0.2, 0.25) is 5.91 Å². The molecule has 3 rings (SSSR count). The molecule has 1 aromatic heterocycles. The molecule has 2 aromatic rings. The Hall–Kier alpha value is -2.10. The van der Waals surface area contributed by atoms with E-state index in [4.69, 9.17) is 5.73 Å².